The minimum atomic E-state index is -0.245. The van der Waals surface area contributed by atoms with Crippen LogP contribution in [0.4, 0.5) is 0 Å². The van der Waals surface area contributed by atoms with Crippen LogP contribution in [0.5, 0.6) is 0 Å². The Hall–Kier alpha value is -2.39. The summed E-state index contributed by atoms with van der Waals surface area (Å²) in [6.45, 7) is 4.41. The van der Waals surface area contributed by atoms with Gasteiger partial charge in [0.1, 0.15) is 0 Å². The quantitative estimate of drug-likeness (QED) is 0.656. The number of esters is 1. The summed E-state index contributed by atoms with van der Waals surface area (Å²) in [6, 6.07) is 21.2. The van der Waals surface area contributed by atoms with Gasteiger partial charge in [0.05, 0.1) is 6.61 Å². The van der Waals surface area contributed by atoms with Crippen molar-refractivity contribution >= 4 is 5.97 Å². The van der Waals surface area contributed by atoms with E-state index >= 15 is 0 Å². The Morgan fingerprint density at radius 3 is 2.28 bits per heavy atom. The Morgan fingerprint density at radius 2 is 1.68 bits per heavy atom. The minimum absolute atomic E-state index is 0.167. The van der Waals surface area contributed by atoms with E-state index < -0.39 is 0 Å². The molecule has 0 radical (unpaired) electrons. The number of hydrogen-bond acceptors (Lipinski definition) is 3. The van der Waals surface area contributed by atoms with Crippen molar-refractivity contribution in [1.29, 1.82) is 0 Å². The summed E-state index contributed by atoms with van der Waals surface area (Å²) in [5, 5.41) is 3.78. The van der Waals surface area contributed by atoms with E-state index in [1.54, 1.807) is 6.08 Å². The maximum absolute atomic E-state index is 12.0. The third-order valence-electron chi connectivity index (χ3n) is 4.86. The van der Waals surface area contributed by atoms with Gasteiger partial charge in [0.25, 0.3) is 0 Å². The maximum Gasteiger partial charge on any atom is 0.330 e. The molecule has 130 valence electrons. The van der Waals surface area contributed by atoms with Crippen molar-refractivity contribution in [2.45, 2.75) is 32.4 Å². The highest BCUT2D eigenvalue weighted by molar-refractivity contribution is 5.83. The van der Waals surface area contributed by atoms with Gasteiger partial charge in [-0.3, -0.25) is 0 Å². The van der Waals surface area contributed by atoms with E-state index in [4.69, 9.17) is 4.74 Å². The second-order valence-corrected chi connectivity index (χ2v) is 6.48. The Bertz CT molecular complexity index is 724. The molecule has 0 spiro atoms. The highest BCUT2D eigenvalue weighted by Gasteiger charge is 2.32. The van der Waals surface area contributed by atoms with Gasteiger partial charge in [0.15, 0.2) is 0 Å². The average molecular weight is 335 g/mol. The number of nitrogens with one attached hydrogen (secondary N) is 1. The van der Waals surface area contributed by atoms with Crippen molar-refractivity contribution in [3.8, 4) is 0 Å². The third-order valence-corrected chi connectivity index (χ3v) is 4.86. The van der Waals surface area contributed by atoms with Gasteiger partial charge in [-0.25, -0.2) is 4.79 Å². The van der Waals surface area contributed by atoms with Crippen molar-refractivity contribution in [1.82, 2.24) is 5.32 Å². The molecule has 3 rings (SSSR count). The molecule has 0 saturated carbocycles. The van der Waals surface area contributed by atoms with E-state index in [0.717, 1.165) is 12.0 Å². The van der Waals surface area contributed by atoms with Gasteiger partial charge >= 0.3 is 5.97 Å². The number of carbonyl (C=O) groups is 1. The van der Waals surface area contributed by atoms with Gasteiger partial charge in [-0.15, -0.1) is 0 Å². The molecule has 3 atom stereocenters. The number of rotatable bonds is 4. The lowest BCUT2D eigenvalue weighted by molar-refractivity contribution is -0.137. The molecular weight excluding hydrogens is 310 g/mol. The first-order chi connectivity index (χ1) is 12.2. The zero-order chi connectivity index (χ0) is 17.6. The first-order valence-electron chi connectivity index (χ1n) is 8.92. The van der Waals surface area contributed by atoms with Crippen LogP contribution in [0.15, 0.2) is 72.3 Å². The molecule has 3 nitrogen and oxygen atoms in total. The Kier molecular flexibility index (Phi) is 5.67. The van der Waals surface area contributed by atoms with Gasteiger partial charge in [-0.05, 0) is 30.4 Å². The molecule has 25 heavy (non-hydrogen) atoms. The number of hydrogen-bond donors (Lipinski definition) is 1. The fourth-order valence-corrected chi connectivity index (χ4v) is 3.53. The summed E-state index contributed by atoms with van der Waals surface area (Å²) in [5.74, 6) is -0.0170. The van der Waals surface area contributed by atoms with E-state index in [9.17, 15) is 4.79 Å². The first-order valence-corrected chi connectivity index (χ1v) is 8.92. The predicted octanol–water partition coefficient (Wildman–Crippen LogP) is 4.59. The standard InChI is InChI=1S/C22H25NO2/c1-3-25-21(24)15-19-14-20(17-10-6-4-7-11-17)23-22(16(19)2)18-12-8-5-9-13-18/h4-13,15-16,20,22-23H,3,14H2,1-2H3/b19-15-/t16-,20+,22-/m0/s1. The number of piperidine rings is 1. The lowest BCUT2D eigenvalue weighted by Gasteiger charge is -2.38. The van der Waals surface area contributed by atoms with Crippen LogP contribution in [-0.4, -0.2) is 12.6 Å². The van der Waals surface area contributed by atoms with E-state index in [1.807, 2.05) is 19.1 Å². The van der Waals surface area contributed by atoms with Crippen LogP contribution in [0.2, 0.25) is 0 Å². The largest absolute Gasteiger partial charge is 0.463 e. The van der Waals surface area contributed by atoms with E-state index in [2.05, 4.69) is 60.8 Å². The van der Waals surface area contributed by atoms with Gasteiger partial charge < -0.3 is 10.1 Å². The molecular formula is C22H25NO2. The van der Waals surface area contributed by atoms with Gasteiger partial charge in [0, 0.05) is 18.2 Å². The van der Waals surface area contributed by atoms with Crippen LogP contribution in [-0.2, 0) is 9.53 Å². The van der Waals surface area contributed by atoms with E-state index in [-0.39, 0.29) is 24.0 Å². The summed E-state index contributed by atoms with van der Waals surface area (Å²) in [7, 11) is 0. The molecule has 0 unspecified atom stereocenters. The Labute approximate surface area is 149 Å². The lowest BCUT2D eigenvalue weighted by atomic mass is 9.79. The molecule has 1 fully saturated rings. The first kappa shape index (κ1) is 17.4. The second kappa shape index (κ2) is 8.13. The summed E-state index contributed by atoms with van der Waals surface area (Å²) >= 11 is 0. The van der Waals surface area contributed by atoms with Crippen molar-refractivity contribution in [3.63, 3.8) is 0 Å². The number of carbonyl (C=O) groups excluding carboxylic acids is 1. The fraction of sp³-hybridized carbons (Fsp3) is 0.318. The molecule has 3 heteroatoms. The van der Waals surface area contributed by atoms with Gasteiger partial charge in [0.2, 0.25) is 0 Å². The van der Waals surface area contributed by atoms with Crippen molar-refractivity contribution in [2.75, 3.05) is 6.61 Å². The summed E-state index contributed by atoms with van der Waals surface area (Å²) in [4.78, 5) is 12.0. The predicted molar refractivity (Wildman–Crippen MR) is 100.0 cm³/mol. The van der Waals surface area contributed by atoms with Crippen molar-refractivity contribution in [3.05, 3.63) is 83.4 Å². The minimum Gasteiger partial charge on any atom is -0.463 e. The topological polar surface area (TPSA) is 38.3 Å². The molecule has 1 N–H and O–H groups in total. The average Bonchev–Trinajstić information content (AvgIpc) is 2.65. The lowest BCUT2D eigenvalue weighted by Crippen LogP contribution is -2.37. The van der Waals surface area contributed by atoms with Gasteiger partial charge in [-0.2, -0.15) is 0 Å². The zero-order valence-electron chi connectivity index (χ0n) is 14.8. The fourth-order valence-electron chi connectivity index (χ4n) is 3.53. The van der Waals surface area contributed by atoms with Crippen LogP contribution in [0.25, 0.3) is 0 Å². The molecule has 1 aliphatic rings. The zero-order valence-corrected chi connectivity index (χ0v) is 14.8. The van der Waals surface area contributed by atoms with Crippen LogP contribution in [0.1, 0.15) is 43.5 Å². The van der Waals surface area contributed by atoms with Crippen molar-refractivity contribution < 1.29 is 9.53 Å². The Morgan fingerprint density at radius 1 is 1.08 bits per heavy atom. The van der Waals surface area contributed by atoms with E-state index in [0.29, 0.717) is 6.61 Å². The molecule has 1 aliphatic heterocycles. The summed E-state index contributed by atoms with van der Waals surface area (Å²) in [6.07, 6.45) is 2.51. The maximum atomic E-state index is 12.0. The number of benzene rings is 2. The second-order valence-electron chi connectivity index (χ2n) is 6.48. The van der Waals surface area contributed by atoms with Crippen molar-refractivity contribution in [2.24, 2.45) is 5.92 Å². The SMILES string of the molecule is CCOC(=O)/C=C1/C[C@H](c2ccccc2)N[C@H](c2ccccc2)[C@H]1C. The molecule has 1 saturated heterocycles. The smallest absolute Gasteiger partial charge is 0.330 e. The van der Waals surface area contributed by atoms with E-state index in [1.165, 1.54) is 11.1 Å². The van der Waals surface area contributed by atoms with Crippen LogP contribution in [0, 0.1) is 5.92 Å². The normalized spacial score (nSPS) is 24.9. The molecule has 0 aliphatic carbocycles. The molecule has 2 aromatic rings. The van der Waals surface area contributed by atoms with Crippen LogP contribution in [0.3, 0.4) is 0 Å². The summed E-state index contributed by atoms with van der Waals surface area (Å²) in [5.41, 5.74) is 3.62. The molecule has 2 aromatic carbocycles. The third kappa shape index (κ3) is 4.18. The van der Waals surface area contributed by atoms with Gasteiger partial charge in [-0.1, -0.05) is 73.2 Å². The molecule has 0 aromatic heterocycles. The Balaban J connectivity index is 1.94. The molecule has 0 amide bonds. The van der Waals surface area contributed by atoms with Crippen LogP contribution >= 0.6 is 0 Å². The highest BCUT2D eigenvalue weighted by atomic mass is 16.5. The number of ether oxygens (including phenoxy) is 1. The molecule has 1 heterocycles. The monoisotopic (exact) mass is 335 g/mol. The summed E-state index contributed by atoms with van der Waals surface area (Å²) < 4.78 is 5.14. The molecule has 0 bridgehead atoms. The highest BCUT2D eigenvalue weighted by Crippen LogP contribution is 2.40. The van der Waals surface area contributed by atoms with Crippen LogP contribution < -0.4 is 5.32 Å².